The van der Waals surface area contributed by atoms with Crippen molar-refractivity contribution in [3.63, 3.8) is 0 Å². The molecule has 1 unspecified atom stereocenters. The van der Waals surface area contributed by atoms with E-state index in [1.54, 1.807) is 0 Å². The highest BCUT2D eigenvalue weighted by molar-refractivity contribution is 7.99. The predicted molar refractivity (Wildman–Crippen MR) is 55.3 cm³/mol. The monoisotopic (exact) mass is 175 g/mol. The lowest BCUT2D eigenvalue weighted by Crippen LogP contribution is -2.39. The van der Waals surface area contributed by atoms with Gasteiger partial charge in [-0.1, -0.05) is 13.8 Å². The molecule has 0 aromatic rings. The fourth-order valence-corrected chi connectivity index (χ4v) is 1.56. The molecule has 1 nitrogen and oxygen atoms in total. The molecule has 0 aliphatic rings. The Hall–Kier alpha value is 0.310. The Morgan fingerprint density at radius 3 is 2.27 bits per heavy atom. The summed E-state index contributed by atoms with van der Waals surface area (Å²) in [7, 11) is 0. The molecule has 0 fully saturated rings. The van der Waals surface area contributed by atoms with Crippen molar-refractivity contribution >= 4 is 11.8 Å². The Morgan fingerprint density at radius 1 is 1.36 bits per heavy atom. The molecule has 0 aromatic heterocycles. The minimum absolute atomic E-state index is 0.266. The maximum atomic E-state index is 3.49. The molecule has 1 N–H and O–H groups in total. The summed E-state index contributed by atoms with van der Waals surface area (Å²) >= 11 is 2.01. The molecule has 1 atom stereocenters. The van der Waals surface area contributed by atoms with Gasteiger partial charge in [-0.2, -0.15) is 11.8 Å². The van der Waals surface area contributed by atoms with E-state index < -0.39 is 0 Å². The Balaban J connectivity index is 3.38. The third-order valence-electron chi connectivity index (χ3n) is 1.37. The fraction of sp³-hybridized carbons (Fsp3) is 1.00. The summed E-state index contributed by atoms with van der Waals surface area (Å²) in [6, 6.07) is 0. The SMILES string of the molecule is CCSC(C)CNC(C)(C)C. The number of hydrogen-bond donors (Lipinski definition) is 1. The van der Waals surface area contributed by atoms with E-state index in [1.807, 2.05) is 11.8 Å². The highest BCUT2D eigenvalue weighted by atomic mass is 32.2. The Kier molecular flexibility index (Phi) is 5.19. The van der Waals surface area contributed by atoms with Gasteiger partial charge in [0.1, 0.15) is 0 Å². The number of hydrogen-bond acceptors (Lipinski definition) is 2. The summed E-state index contributed by atoms with van der Waals surface area (Å²) in [4.78, 5) is 0. The van der Waals surface area contributed by atoms with Crippen molar-refractivity contribution < 1.29 is 0 Å². The van der Waals surface area contributed by atoms with Crippen LogP contribution in [0.15, 0.2) is 0 Å². The van der Waals surface area contributed by atoms with Crippen LogP contribution >= 0.6 is 11.8 Å². The summed E-state index contributed by atoms with van der Waals surface area (Å²) < 4.78 is 0. The van der Waals surface area contributed by atoms with Crippen molar-refractivity contribution in [1.29, 1.82) is 0 Å². The fourth-order valence-electron chi connectivity index (χ4n) is 0.793. The third-order valence-corrected chi connectivity index (χ3v) is 2.44. The quantitative estimate of drug-likeness (QED) is 0.704. The van der Waals surface area contributed by atoms with Crippen LogP contribution in [0.2, 0.25) is 0 Å². The van der Waals surface area contributed by atoms with Crippen molar-refractivity contribution in [3.8, 4) is 0 Å². The van der Waals surface area contributed by atoms with Crippen LogP contribution in [0.5, 0.6) is 0 Å². The first-order valence-electron chi connectivity index (χ1n) is 4.32. The van der Waals surface area contributed by atoms with Gasteiger partial charge in [-0.25, -0.2) is 0 Å². The van der Waals surface area contributed by atoms with Crippen molar-refractivity contribution in [2.75, 3.05) is 12.3 Å². The van der Waals surface area contributed by atoms with Crippen molar-refractivity contribution in [2.45, 2.75) is 45.4 Å². The van der Waals surface area contributed by atoms with Crippen LogP contribution in [0, 0.1) is 0 Å². The summed E-state index contributed by atoms with van der Waals surface area (Å²) in [6.45, 7) is 12.2. The molecule has 0 saturated heterocycles. The first-order chi connectivity index (χ1) is 4.95. The molecule has 0 aliphatic heterocycles. The lowest BCUT2D eigenvalue weighted by atomic mass is 10.1. The zero-order valence-corrected chi connectivity index (χ0v) is 9.22. The van der Waals surface area contributed by atoms with Gasteiger partial charge >= 0.3 is 0 Å². The van der Waals surface area contributed by atoms with Gasteiger partial charge in [0.2, 0.25) is 0 Å². The molecule has 0 saturated carbocycles. The second-order valence-electron chi connectivity index (χ2n) is 3.90. The van der Waals surface area contributed by atoms with Crippen LogP contribution < -0.4 is 5.32 Å². The first-order valence-corrected chi connectivity index (χ1v) is 5.37. The average Bonchev–Trinajstić information content (AvgIpc) is 1.83. The largest absolute Gasteiger partial charge is 0.311 e. The van der Waals surface area contributed by atoms with Gasteiger partial charge in [0.05, 0.1) is 0 Å². The normalized spacial score (nSPS) is 15.0. The molecule has 0 aromatic carbocycles. The van der Waals surface area contributed by atoms with Crippen LogP contribution in [-0.4, -0.2) is 23.1 Å². The van der Waals surface area contributed by atoms with Gasteiger partial charge in [-0.3, -0.25) is 0 Å². The van der Waals surface area contributed by atoms with Crippen molar-refractivity contribution in [2.24, 2.45) is 0 Å². The number of nitrogens with one attached hydrogen (secondary N) is 1. The maximum Gasteiger partial charge on any atom is 0.0144 e. The van der Waals surface area contributed by atoms with Gasteiger partial charge < -0.3 is 5.32 Å². The molecule has 68 valence electrons. The van der Waals surface area contributed by atoms with Crippen LogP contribution in [0.4, 0.5) is 0 Å². The highest BCUT2D eigenvalue weighted by Crippen LogP contribution is 2.09. The molecule has 0 aliphatic carbocycles. The van der Waals surface area contributed by atoms with E-state index in [1.165, 1.54) is 5.75 Å². The van der Waals surface area contributed by atoms with E-state index in [0.29, 0.717) is 0 Å². The van der Waals surface area contributed by atoms with Gasteiger partial charge in [0.25, 0.3) is 0 Å². The first kappa shape index (κ1) is 11.3. The van der Waals surface area contributed by atoms with E-state index >= 15 is 0 Å². The van der Waals surface area contributed by atoms with E-state index in [2.05, 4.69) is 39.9 Å². The van der Waals surface area contributed by atoms with Crippen LogP contribution in [0.1, 0.15) is 34.6 Å². The van der Waals surface area contributed by atoms with Gasteiger partial charge in [0, 0.05) is 17.3 Å². The van der Waals surface area contributed by atoms with Crippen molar-refractivity contribution in [3.05, 3.63) is 0 Å². The molecular weight excluding hydrogens is 154 g/mol. The second-order valence-corrected chi connectivity index (χ2v) is 5.61. The molecule has 0 rings (SSSR count). The topological polar surface area (TPSA) is 12.0 Å². The third kappa shape index (κ3) is 8.21. The standard InChI is InChI=1S/C9H21NS/c1-6-11-8(2)7-10-9(3,4)5/h8,10H,6-7H2,1-5H3. The molecule has 11 heavy (non-hydrogen) atoms. The molecule has 0 radical (unpaired) electrons. The second kappa shape index (κ2) is 5.04. The zero-order chi connectivity index (χ0) is 8.91. The maximum absolute atomic E-state index is 3.49. The van der Waals surface area contributed by atoms with E-state index in [9.17, 15) is 0 Å². The van der Waals surface area contributed by atoms with Gasteiger partial charge in [0.15, 0.2) is 0 Å². The van der Waals surface area contributed by atoms with E-state index in [0.717, 1.165) is 11.8 Å². The van der Waals surface area contributed by atoms with Crippen LogP contribution in [0.3, 0.4) is 0 Å². The van der Waals surface area contributed by atoms with Gasteiger partial charge in [-0.05, 0) is 26.5 Å². The molecule has 0 heterocycles. The molecular formula is C9H21NS. The summed E-state index contributed by atoms with van der Waals surface area (Å²) in [5, 5.41) is 4.22. The molecule has 0 spiro atoms. The predicted octanol–water partition coefficient (Wildman–Crippen LogP) is 2.52. The highest BCUT2D eigenvalue weighted by Gasteiger charge is 2.10. The summed E-state index contributed by atoms with van der Waals surface area (Å²) in [5.74, 6) is 1.22. The molecule has 0 amide bonds. The zero-order valence-electron chi connectivity index (χ0n) is 8.40. The Bertz CT molecular complexity index is 96.2. The Labute approximate surface area is 75.3 Å². The average molecular weight is 175 g/mol. The number of thioether (sulfide) groups is 1. The summed E-state index contributed by atoms with van der Waals surface area (Å²) in [5.41, 5.74) is 0.266. The van der Waals surface area contributed by atoms with E-state index in [-0.39, 0.29) is 5.54 Å². The lowest BCUT2D eigenvalue weighted by molar-refractivity contribution is 0.429. The summed E-state index contributed by atoms with van der Waals surface area (Å²) in [6.07, 6.45) is 0. The molecule has 0 bridgehead atoms. The Morgan fingerprint density at radius 2 is 1.91 bits per heavy atom. The lowest BCUT2D eigenvalue weighted by Gasteiger charge is -2.22. The van der Waals surface area contributed by atoms with Crippen LogP contribution in [-0.2, 0) is 0 Å². The number of rotatable bonds is 4. The van der Waals surface area contributed by atoms with Crippen molar-refractivity contribution in [1.82, 2.24) is 5.32 Å². The minimum Gasteiger partial charge on any atom is -0.311 e. The molecule has 2 heteroatoms. The minimum atomic E-state index is 0.266. The van der Waals surface area contributed by atoms with Gasteiger partial charge in [-0.15, -0.1) is 0 Å². The smallest absolute Gasteiger partial charge is 0.0144 e. The van der Waals surface area contributed by atoms with E-state index in [4.69, 9.17) is 0 Å². The van der Waals surface area contributed by atoms with Crippen LogP contribution in [0.25, 0.3) is 0 Å².